The van der Waals surface area contributed by atoms with Crippen LogP contribution in [0.15, 0.2) is 30.5 Å². The number of carboxylic acids is 1. The fourth-order valence-corrected chi connectivity index (χ4v) is 4.34. The molecule has 0 bridgehead atoms. The van der Waals surface area contributed by atoms with Gasteiger partial charge in [-0.3, -0.25) is 4.79 Å². The van der Waals surface area contributed by atoms with Crippen LogP contribution in [-0.2, 0) is 17.8 Å². The van der Waals surface area contributed by atoms with Crippen molar-refractivity contribution >= 4 is 50.0 Å². The van der Waals surface area contributed by atoms with E-state index in [-0.39, 0.29) is 23.2 Å². The molecular weight excluding hydrogens is 401 g/mol. The smallest absolute Gasteiger partial charge is 0.323 e. The Morgan fingerprint density at radius 2 is 2.04 bits per heavy atom. The molecular formula is C18H10ClF3N2O2S. The first-order chi connectivity index (χ1) is 12.8. The van der Waals surface area contributed by atoms with Crippen LogP contribution in [0.2, 0.25) is 5.02 Å². The zero-order chi connectivity index (χ0) is 19.3. The standard InChI is InChI=1S/C18H10ClF3N2O2S/c19-10-3-1-2-9-8(6-24(17(9)10)7-14(25)26)4-13-23-16-15(22)11(20)5-12(21)18(16)27-13/h1-3,5-6H,4,7H2,(H,25,26). The van der Waals surface area contributed by atoms with Crippen molar-refractivity contribution in [3.63, 3.8) is 0 Å². The summed E-state index contributed by atoms with van der Waals surface area (Å²) in [6, 6.07) is 5.66. The maximum Gasteiger partial charge on any atom is 0.323 e. The lowest BCUT2D eigenvalue weighted by atomic mass is 10.1. The minimum absolute atomic E-state index is 0.0591. The molecule has 2 aromatic heterocycles. The number of rotatable bonds is 4. The van der Waals surface area contributed by atoms with Gasteiger partial charge in [0.15, 0.2) is 11.6 Å². The van der Waals surface area contributed by atoms with Gasteiger partial charge in [-0.2, -0.15) is 0 Å². The van der Waals surface area contributed by atoms with Gasteiger partial charge in [-0.25, -0.2) is 18.2 Å². The third-order valence-electron chi connectivity index (χ3n) is 4.14. The van der Waals surface area contributed by atoms with Crippen molar-refractivity contribution in [3.05, 3.63) is 63.5 Å². The number of carboxylic acid groups (broad SMARTS) is 1. The number of thiazole rings is 1. The highest BCUT2D eigenvalue weighted by Gasteiger charge is 2.19. The van der Waals surface area contributed by atoms with Crippen molar-refractivity contribution in [3.8, 4) is 0 Å². The first-order valence-corrected chi connectivity index (χ1v) is 8.95. The number of carbonyl (C=O) groups is 1. The van der Waals surface area contributed by atoms with Crippen molar-refractivity contribution in [1.29, 1.82) is 0 Å². The highest BCUT2D eigenvalue weighted by molar-refractivity contribution is 7.18. The van der Waals surface area contributed by atoms with Crippen molar-refractivity contribution in [1.82, 2.24) is 9.55 Å². The summed E-state index contributed by atoms with van der Waals surface area (Å²) in [5.41, 5.74) is 0.912. The Balaban J connectivity index is 1.83. The van der Waals surface area contributed by atoms with Gasteiger partial charge in [0.2, 0.25) is 0 Å². The predicted octanol–water partition coefficient (Wildman–Crippen LogP) is 5.00. The summed E-state index contributed by atoms with van der Waals surface area (Å²) >= 11 is 7.14. The molecule has 27 heavy (non-hydrogen) atoms. The monoisotopic (exact) mass is 410 g/mol. The molecule has 0 aliphatic carbocycles. The summed E-state index contributed by atoms with van der Waals surface area (Å²) < 4.78 is 42.7. The Morgan fingerprint density at radius 1 is 1.26 bits per heavy atom. The average Bonchev–Trinajstić information content (AvgIpc) is 3.16. The number of para-hydroxylation sites is 1. The average molecular weight is 411 g/mol. The van der Waals surface area contributed by atoms with E-state index < -0.39 is 23.4 Å². The van der Waals surface area contributed by atoms with E-state index in [1.165, 1.54) is 4.57 Å². The Labute approximate surface area is 159 Å². The van der Waals surface area contributed by atoms with Crippen molar-refractivity contribution in [2.75, 3.05) is 0 Å². The number of benzene rings is 2. The summed E-state index contributed by atoms with van der Waals surface area (Å²) in [6.07, 6.45) is 1.83. The Bertz CT molecular complexity index is 1220. The van der Waals surface area contributed by atoms with Crippen LogP contribution in [0.25, 0.3) is 21.1 Å². The fraction of sp³-hybridized carbons (Fsp3) is 0.111. The molecule has 0 atom stereocenters. The van der Waals surface area contributed by atoms with E-state index in [9.17, 15) is 18.0 Å². The molecule has 0 radical (unpaired) electrons. The predicted molar refractivity (Wildman–Crippen MR) is 96.9 cm³/mol. The van der Waals surface area contributed by atoms with Gasteiger partial charge in [-0.15, -0.1) is 11.3 Å². The lowest BCUT2D eigenvalue weighted by Gasteiger charge is -2.02. The lowest BCUT2D eigenvalue weighted by molar-refractivity contribution is -0.137. The van der Waals surface area contributed by atoms with E-state index in [0.29, 0.717) is 27.2 Å². The number of aliphatic carboxylic acids is 1. The first-order valence-electron chi connectivity index (χ1n) is 7.76. The van der Waals surface area contributed by atoms with E-state index in [1.54, 1.807) is 24.4 Å². The van der Waals surface area contributed by atoms with Crippen LogP contribution < -0.4 is 0 Å². The molecule has 2 aromatic carbocycles. The first kappa shape index (κ1) is 17.8. The van der Waals surface area contributed by atoms with Gasteiger partial charge in [0, 0.05) is 24.1 Å². The summed E-state index contributed by atoms with van der Waals surface area (Å²) in [7, 11) is 0. The third-order valence-corrected chi connectivity index (χ3v) is 5.51. The van der Waals surface area contributed by atoms with Gasteiger partial charge < -0.3 is 9.67 Å². The van der Waals surface area contributed by atoms with Crippen LogP contribution in [0.1, 0.15) is 10.6 Å². The van der Waals surface area contributed by atoms with Gasteiger partial charge in [0.1, 0.15) is 17.9 Å². The SMILES string of the molecule is O=C(O)Cn1cc(Cc2nc3c(F)c(F)cc(F)c3s2)c2cccc(Cl)c21. The molecule has 0 spiro atoms. The van der Waals surface area contributed by atoms with Crippen molar-refractivity contribution in [2.24, 2.45) is 0 Å². The van der Waals surface area contributed by atoms with E-state index in [0.717, 1.165) is 16.7 Å². The summed E-state index contributed by atoms with van der Waals surface area (Å²) in [6.45, 7) is -0.283. The molecule has 0 unspecified atom stereocenters. The second-order valence-corrected chi connectivity index (χ2v) is 7.42. The van der Waals surface area contributed by atoms with Gasteiger partial charge in [0.25, 0.3) is 0 Å². The molecule has 0 aliphatic rings. The van der Waals surface area contributed by atoms with E-state index >= 15 is 0 Å². The molecule has 0 saturated heterocycles. The molecule has 4 nitrogen and oxygen atoms in total. The van der Waals surface area contributed by atoms with Crippen LogP contribution in [0.3, 0.4) is 0 Å². The van der Waals surface area contributed by atoms with Crippen LogP contribution in [0.5, 0.6) is 0 Å². The number of fused-ring (bicyclic) bond motifs is 2. The maximum absolute atomic E-state index is 13.9. The minimum Gasteiger partial charge on any atom is -0.480 e. The van der Waals surface area contributed by atoms with Gasteiger partial charge in [0.05, 0.1) is 20.2 Å². The Hall–Kier alpha value is -2.58. The van der Waals surface area contributed by atoms with E-state index in [1.807, 2.05) is 0 Å². The number of hydrogen-bond donors (Lipinski definition) is 1. The second kappa shape index (κ2) is 6.54. The van der Waals surface area contributed by atoms with Crippen LogP contribution in [0.4, 0.5) is 13.2 Å². The van der Waals surface area contributed by atoms with Gasteiger partial charge in [-0.05, 0) is 11.6 Å². The third kappa shape index (κ3) is 3.04. The molecule has 138 valence electrons. The molecule has 9 heteroatoms. The fourth-order valence-electron chi connectivity index (χ4n) is 3.07. The topological polar surface area (TPSA) is 55.1 Å². The zero-order valence-electron chi connectivity index (χ0n) is 13.5. The quantitative estimate of drug-likeness (QED) is 0.482. The highest BCUT2D eigenvalue weighted by atomic mass is 35.5. The zero-order valence-corrected chi connectivity index (χ0v) is 15.0. The van der Waals surface area contributed by atoms with Crippen LogP contribution in [-0.4, -0.2) is 20.6 Å². The Morgan fingerprint density at radius 3 is 2.78 bits per heavy atom. The molecule has 2 heterocycles. The van der Waals surface area contributed by atoms with Gasteiger partial charge in [-0.1, -0.05) is 23.7 Å². The van der Waals surface area contributed by atoms with Gasteiger partial charge >= 0.3 is 5.97 Å². The summed E-state index contributed by atoms with van der Waals surface area (Å²) in [5.74, 6) is -4.38. The number of halogens is 4. The highest BCUT2D eigenvalue weighted by Crippen LogP contribution is 2.33. The van der Waals surface area contributed by atoms with E-state index in [2.05, 4.69) is 4.98 Å². The maximum atomic E-state index is 13.9. The normalized spacial score (nSPS) is 11.6. The molecule has 4 rings (SSSR count). The molecule has 0 saturated carbocycles. The number of nitrogens with zero attached hydrogens (tertiary/aromatic N) is 2. The van der Waals surface area contributed by atoms with E-state index in [4.69, 9.17) is 16.7 Å². The lowest BCUT2D eigenvalue weighted by Crippen LogP contribution is -2.07. The number of hydrogen-bond acceptors (Lipinski definition) is 3. The minimum atomic E-state index is -1.29. The summed E-state index contributed by atoms with van der Waals surface area (Å²) in [4.78, 5) is 15.2. The second-order valence-electron chi connectivity index (χ2n) is 5.93. The summed E-state index contributed by atoms with van der Waals surface area (Å²) in [5, 5.41) is 10.6. The van der Waals surface area contributed by atoms with Crippen LogP contribution in [0, 0.1) is 17.5 Å². The van der Waals surface area contributed by atoms with Crippen molar-refractivity contribution in [2.45, 2.75) is 13.0 Å². The molecule has 0 amide bonds. The van der Waals surface area contributed by atoms with Crippen molar-refractivity contribution < 1.29 is 23.1 Å². The Kier molecular flexibility index (Phi) is 4.32. The number of aromatic nitrogens is 2. The molecule has 4 aromatic rings. The molecule has 0 fully saturated rings. The van der Waals surface area contributed by atoms with Crippen LogP contribution >= 0.6 is 22.9 Å². The molecule has 0 aliphatic heterocycles. The largest absolute Gasteiger partial charge is 0.480 e. The molecule has 1 N–H and O–H groups in total.